The summed E-state index contributed by atoms with van der Waals surface area (Å²) >= 11 is 0. The quantitative estimate of drug-likeness (QED) is 0.310. The van der Waals surface area contributed by atoms with Gasteiger partial charge in [-0.3, -0.25) is 9.59 Å². The Morgan fingerprint density at radius 3 is 2.26 bits per heavy atom. The highest BCUT2D eigenvalue weighted by Gasteiger charge is 2.23. The molecule has 0 radical (unpaired) electrons. The Bertz CT molecular complexity index is 1350. The first kappa shape index (κ1) is 26.6. The molecule has 8 nitrogen and oxygen atoms in total. The van der Waals surface area contributed by atoms with E-state index in [0.717, 1.165) is 22.2 Å². The third-order valence-corrected chi connectivity index (χ3v) is 8.21. The number of esters is 1. The van der Waals surface area contributed by atoms with Crippen molar-refractivity contribution in [3.05, 3.63) is 58.4 Å². The van der Waals surface area contributed by atoms with Crippen molar-refractivity contribution in [2.45, 2.75) is 52.4 Å². The highest BCUT2D eigenvalue weighted by atomic mass is 32.2. The largest absolute Gasteiger partial charge is 0.457 e. The van der Waals surface area contributed by atoms with E-state index in [1.807, 2.05) is 44.5 Å². The normalized spacial score (nSPS) is 11.9. The zero-order valence-corrected chi connectivity index (χ0v) is 22.0. The Labute approximate surface area is 207 Å². The number of carbonyl (C=O) groups is 2. The first-order valence-corrected chi connectivity index (χ1v) is 13.2. The molecule has 0 aliphatic carbocycles. The molecule has 0 spiro atoms. The molecule has 0 bridgehead atoms. The number of aryl methyl sites for hydroxylation is 5. The number of fused-ring (bicyclic) bond motifs is 1. The molecule has 35 heavy (non-hydrogen) atoms. The molecule has 2 aromatic carbocycles. The molecule has 0 saturated carbocycles. The molecule has 1 aromatic heterocycles. The second-order valence-electron chi connectivity index (χ2n) is 8.68. The number of carbonyl (C=O) groups excluding carboxylic acids is 2. The van der Waals surface area contributed by atoms with Crippen LogP contribution in [0.4, 0.5) is 0 Å². The maximum Gasteiger partial charge on any atom is 0.306 e. The number of hydrogen-bond acceptors (Lipinski definition) is 6. The molecule has 0 N–H and O–H groups in total. The third-order valence-electron chi connectivity index (χ3n) is 6.16. The lowest BCUT2D eigenvalue weighted by molar-refractivity contribution is -0.142. The lowest BCUT2D eigenvalue weighted by Gasteiger charge is -2.18. The summed E-state index contributed by atoms with van der Waals surface area (Å²) in [4.78, 5) is 29.7. The predicted molar refractivity (Wildman–Crippen MR) is 135 cm³/mol. The fourth-order valence-electron chi connectivity index (χ4n) is 4.45. The van der Waals surface area contributed by atoms with Gasteiger partial charge >= 0.3 is 5.97 Å². The van der Waals surface area contributed by atoms with Crippen LogP contribution in [0, 0.1) is 20.8 Å². The Hall–Kier alpha value is -3.04. The van der Waals surface area contributed by atoms with E-state index < -0.39 is 16.0 Å². The van der Waals surface area contributed by atoms with Gasteiger partial charge in [-0.1, -0.05) is 31.5 Å². The molecular formula is C26H33N3O5S. The Balaban J connectivity index is 1.67. The van der Waals surface area contributed by atoms with Crippen LogP contribution in [-0.2, 0) is 33.0 Å². The summed E-state index contributed by atoms with van der Waals surface area (Å²) in [7, 11) is -1.77. The lowest BCUT2D eigenvalue weighted by atomic mass is 9.97. The van der Waals surface area contributed by atoms with Gasteiger partial charge in [-0.2, -0.15) is 4.31 Å². The number of rotatable bonds is 10. The van der Waals surface area contributed by atoms with Gasteiger partial charge in [0, 0.05) is 32.1 Å². The average Bonchev–Trinajstić information content (AvgIpc) is 3.11. The van der Waals surface area contributed by atoms with Crippen LogP contribution in [0.1, 0.15) is 53.1 Å². The number of ketones is 1. The summed E-state index contributed by atoms with van der Waals surface area (Å²) in [5.41, 5.74) is 4.72. The van der Waals surface area contributed by atoms with Crippen molar-refractivity contribution in [3.8, 4) is 0 Å². The van der Waals surface area contributed by atoms with E-state index in [1.165, 1.54) is 4.31 Å². The summed E-state index contributed by atoms with van der Waals surface area (Å²) in [5, 5.41) is 0. The van der Waals surface area contributed by atoms with Gasteiger partial charge in [0.1, 0.15) is 5.82 Å². The molecule has 0 amide bonds. The van der Waals surface area contributed by atoms with Crippen molar-refractivity contribution in [1.82, 2.24) is 13.9 Å². The molecule has 9 heteroatoms. The topological polar surface area (TPSA) is 98.6 Å². The van der Waals surface area contributed by atoms with E-state index >= 15 is 0 Å². The number of nitrogens with zero attached hydrogens (tertiary/aromatic N) is 3. The second kappa shape index (κ2) is 10.7. The van der Waals surface area contributed by atoms with E-state index in [9.17, 15) is 18.0 Å². The molecule has 0 unspecified atom stereocenters. The fraction of sp³-hybridized carbons (Fsp3) is 0.423. The van der Waals surface area contributed by atoms with Gasteiger partial charge in [0.25, 0.3) is 0 Å². The number of ether oxygens (including phenoxy) is 1. The minimum Gasteiger partial charge on any atom is -0.457 e. The lowest BCUT2D eigenvalue weighted by Crippen LogP contribution is -2.30. The van der Waals surface area contributed by atoms with Gasteiger partial charge in [-0.15, -0.1) is 0 Å². The first-order chi connectivity index (χ1) is 16.5. The van der Waals surface area contributed by atoms with Crippen LogP contribution in [0.5, 0.6) is 0 Å². The number of Topliss-reactive ketones (excluding diaryl/α,β-unsaturated/α-hetero) is 1. The minimum atomic E-state index is -3.59. The SMILES string of the molecule is CCN(CC)S(=O)(=O)c1ccc2c(c1)nc(CCC(=O)OCC(=O)c1c(C)cc(C)cc1C)n2C. The fourth-order valence-corrected chi connectivity index (χ4v) is 5.93. The van der Waals surface area contributed by atoms with Crippen molar-refractivity contribution in [3.63, 3.8) is 0 Å². The monoisotopic (exact) mass is 499 g/mol. The summed E-state index contributed by atoms with van der Waals surface area (Å²) in [5.74, 6) is -0.0819. The maximum absolute atomic E-state index is 12.8. The molecule has 0 aliphatic rings. The third kappa shape index (κ3) is 5.62. The molecule has 0 atom stereocenters. The molecule has 188 valence electrons. The van der Waals surface area contributed by atoms with E-state index in [0.29, 0.717) is 36.4 Å². The Morgan fingerprint density at radius 2 is 1.66 bits per heavy atom. The van der Waals surface area contributed by atoms with Crippen LogP contribution >= 0.6 is 0 Å². The van der Waals surface area contributed by atoms with Crippen molar-refractivity contribution in [2.75, 3.05) is 19.7 Å². The predicted octanol–water partition coefficient (Wildman–Crippen LogP) is 3.89. The first-order valence-electron chi connectivity index (χ1n) is 11.7. The molecule has 0 aliphatic heterocycles. The van der Waals surface area contributed by atoms with Crippen LogP contribution in [0.25, 0.3) is 11.0 Å². The van der Waals surface area contributed by atoms with Gasteiger partial charge in [0.05, 0.1) is 22.3 Å². The van der Waals surface area contributed by atoms with Gasteiger partial charge in [-0.05, 0) is 50.1 Å². The van der Waals surface area contributed by atoms with E-state index in [-0.39, 0.29) is 23.7 Å². The van der Waals surface area contributed by atoms with Gasteiger partial charge in [0.15, 0.2) is 6.61 Å². The van der Waals surface area contributed by atoms with Crippen LogP contribution < -0.4 is 0 Å². The molecule has 0 saturated heterocycles. The number of imidazole rings is 1. The molecule has 3 rings (SSSR count). The minimum absolute atomic E-state index is 0.0565. The van der Waals surface area contributed by atoms with Gasteiger partial charge in [-0.25, -0.2) is 13.4 Å². The van der Waals surface area contributed by atoms with Gasteiger partial charge in [0.2, 0.25) is 15.8 Å². The number of sulfonamides is 1. The average molecular weight is 500 g/mol. The summed E-state index contributed by atoms with van der Waals surface area (Å²) < 4.78 is 34.1. The highest BCUT2D eigenvalue weighted by Crippen LogP contribution is 2.23. The van der Waals surface area contributed by atoms with E-state index in [4.69, 9.17) is 4.74 Å². The van der Waals surface area contributed by atoms with Crippen LogP contribution in [0.15, 0.2) is 35.2 Å². The molecule has 0 fully saturated rings. The molecule has 1 heterocycles. The summed E-state index contributed by atoms with van der Waals surface area (Å²) in [6.45, 7) is 9.79. The maximum atomic E-state index is 12.8. The zero-order chi connectivity index (χ0) is 25.9. The van der Waals surface area contributed by atoms with E-state index in [2.05, 4.69) is 4.98 Å². The molecule has 3 aromatic rings. The van der Waals surface area contributed by atoms with Crippen molar-refractivity contribution >= 4 is 32.8 Å². The Kier molecular flexibility index (Phi) is 8.12. The molecular weight excluding hydrogens is 466 g/mol. The van der Waals surface area contributed by atoms with Crippen molar-refractivity contribution < 1.29 is 22.7 Å². The summed E-state index contributed by atoms with van der Waals surface area (Å²) in [6.07, 6.45) is 0.361. The second-order valence-corrected chi connectivity index (χ2v) is 10.6. The Morgan fingerprint density at radius 1 is 1.03 bits per heavy atom. The van der Waals surface area contributed by atoms with Crippen LogP contribution in [0.2, 0.25) is 0 Å². The smallest absolute Gasteiger partial charge is 0.306 e. The number of benzene rings is 2. The van der Waals surface area contributed by atoms with Crippen molar-refractivity contribution in [2.24, 2.45) is 7.05 Å². The zero-order valence-electron chi connectivity index (χ0n) is 21.2. The van der Waals surface area contributed by atoms with Crippen LogP contribution in [-0.4, -0.2) is 53.7 Å². The van der Waals surface area contributed by atoms with Crippen LogP contribution in [0.3, 0.4) is 0 Å². The standard InChI is InChI=1S/C26H33N3O5S/c1-7-29(8-2)35(32,33)20-9-10-22-21(15-20)27-24(28(22)6)11-12-25(31)34-16-23(30)26-18(4)13-17(3)14-19(26)5/h9-10,13-15H,7-8,11-12,16H2,1-6H3. The van der Waals surface area contributed by atoms with Crippen molar-refractivity contribution in [1.29, 1.82) is 0 Å². The number of aromatic nitrogens is 2. The number of hydrogen-bond donors (Lipinski definition) is 0. The van der Waals surface area contributed by atoms with E-state index in [1.54, 1.807) is 32.0 Å². The summed E-state index contributed by atoms with van der Waals surface area (Å²) in [6, 6.07) is 8.75. The highest BCUT2D eigenvalue weighted by molar-refractivity contribution is 7.89. The van der Waals surface area contributed by atoms with Gasteiger partial charge < -0.3 is 9.30 Å².